The van der Waals surface area contributed by atoms with Gasteiger partial charge in [-0.25, -0.2) is 9.18 Å². The van der Waals surface area contributed by atoms with Crippen molar-refractivity contribution in [3.63, 3.8) is 0 Å². The zero-order chi connectivity index (χ0) is 10.8. The van der Waals surface area contributed by atoms with E-state index in [4.69, 9.17) is 5.11 Å². The Morgan fingerprint density at radius 3 is 2.93 bits per heavy atom. The standard InChI is InChI=1S/C11H12FNO2/c12-8-4-1-3-7(10(8)11(14)15)9-5-2-6-13-9/h1,3-4,9,13H,2,5-6H2,(H,14,15)/t9-/m1/s1. The molecule has 0 unspecified atom stereocenters. The number of carboxylic acids is 1. The van der Waals surface area contributed by atoms with Crippen LogP contribution in [0.15, 0.2) is 18.2 Å². The highest BCUT2D eigenvalue weighted by molar-refractivity contribution is 5.89. The van der Waals surface area contributed by atoms with Gasteiger partial charge in [-0.1, -0.05) is 12.1 Å². The fourth-order valence-corrected chi connectivity index (χ4v) is 2.01. The van der Waals surface area contributed by atoms with Gasteiger partial charge in [0.25, 0.3) is 0 Å². The van der Waals surface area contributed by atoms with Gasteiger partial charge in [0.05, 0.1) is 5.56 Å². The fourth-order valence-electron chi connectivity index (χ4n) is 2.01. The molecule has 15 heavy (non-hydrogen) atoms. The second kappa shape index (κ2) is 3.98. The monoisotopic (exact) mass is 209 g/mol. The van der Waals surface area contributed by atoms with Crippen molar-refractivity contribution in [2.24, 2.45) is 0 Å². The van der Waals surface area contributed by atoms with Crippen LogP contribution in [0.1, 0.15) is 34.8 Å². The number of carbonyl (C=O) groups is 1. The first-order valence-corrected chi connectivity index (χ1v) is 4.95. The van der Waals surface area contributed by atoms with Crippen LogP contribution >= 0.6 is 0 Å². The number of nitrogens with one attached hydrogen (secondary N) is 1. The van der Waals surface area contributed by atoms with E-state index >= 15 is 0 Å². The predicted molar refractivity (Wildman–Crippen MR) is 53.3 cm³/mol. The lowest BCUT2D eigenvalue weighted by atomic mass is 9.99. The molecule has 1 heterocycles. The van der Waals surface area contributed by atoms with E-state index in [9.17, 15) is 9.18 Å². The Balaban J connectivity index is 2.45. The van der Waals surface area contributed by atoms with Gasteiger partial charge in [0.2, 0.25) is 0 Å². The van der Waals surface area contributed by atoms with E-state index in [0.717, 1.165) is 19.4 Å². The van der Waals surface area contributed by atoms with Crippen LogP contribution in [0.3, 0.4) is 0 Å². The zero-order valence-corrected chi connectivity index (χ0v) is 8.16. The van der Waals surface area contributed by atoms with Crippen molar-refractivity contribution in [2.75, 3.05) is 6.54 Å². The molecule has 2 rings (SSSR count). The lowest BCUT2D eigenvalue weighted by molar-refractivity contribution is 0.0690. The molecule has 4 heteroatoms. The average Bonchev–Trinajstić information content (AvgIpc) is 2.69. The molecule has 0 aromatic heterocycles. The number of rotatable bonds is 2. The summed E-state index contributed by atoms with van der Waals surface area (Å²) >= 11 is 0. The summed E-state index contributed by atoms with van der Waals surface area (Å²) in [7, 11) is 0. The molecule has 1 fully saturated rings. The molecule has 1 aliphatic heterocycles. The van der Waals surface area contributed by atoms with E-state index in [1.165, 1.54) is 6.07 Å². The molecule has 3 nitrogen and oxygen atoms in total. The molecule has 2 N–H and O–H groups in total. The van der Waals surface area contributed by atoms with Crippen LogP contribution in [0, 0.1) is 5.82 Å². The summed E-state index contributed by atoms with van der Waals surface area (Å²) in [4.78, 5) is 10.9. The van der Waals surface area contributed by atoms with E-state index in [0.29, 0.717) is 5.56 Å². The second-order valence-electron chi connectivity index (χ2n) is 3.66. The highest BCUT2D eigenvalue weighted by atomic mass is 19.1. The van der Waals surface area contributed by atoms with Gasteiger partial charge in [-0.2, -0.15) is 0 Å². The van der Waals surface area contributed by atoms with Gasteiger partial charge in [0.1, 0.15) is 5.82 Å². The molecule has 0 spiro atoms. The van der Waals surface area contributed by atoms with Crippen LogP contribution in [0.25, 0.3) is 0 Å². The first-order valence-electron chi connectivity index (χ1n) is 4.95. The lowest BCUT2D eigenvalue weighted by Gasteiger charge is -2.13. The fraction of sp³-hybridized carbons (Fsp3) is 0.364. The molecular weight excluding hydrogens is 197 g/mol. The van der Waals surface area contributed by atoms with Crippen molar-refractivity contribution in [1.82, 2.24) is 5.32 Å². The van der Waals surface area contributed by atoms with E-state index in [1.807, 2.05) is 0 Å². The maximum Gasteiger partial charge on any atom is 0.339 e. The van der Waals surface area contributed by atoms with Crippen LogP contribution in [-0.2, 0) is 0 Å². The Hall–Kier alpha value is -1.42. The summed E-state index contributed by atoms with van der Waals surface area (Å²) < 4.78 is 13.3. The predicted octanol–water partition coefficient (Wildman–Crippen LogP) is 1.95. The van der Waals surface area contributed by atoms with E-state index in [-0.39, 0.29) is 11.6 Å². The van der Waals surface area contributed by atoms with E-state index < -0.39 is 11.8 Å². The highest BCUT2D eigenvalue weighted by Gasteiger charge is 2.24. The maximum absolute atomic E-state index is 13.3. The normalized spacial score (nSPS) is 20.5. The molecule has 80 valence electrons. The van der Waals surface area contributed by atoms with Crippen molar-refractivity contribution in [1.29, 1.82) is 0 Å². The van der Waals surface area contributed by atoms with E-state index in [1.54, 1.807) is 12.1 Å². The number of aromatic carboxylic acids is 1. The first-order chi connectivity index (χ1) is 7.20. The molecule has 1 aliphatic rings. The zero-order valence-electron chi connectivity index (χ0n) is 8.16. The smallest absolute Gasteiger partial charge is 0.339 e. The average molecular weight is 209 g/mol. The van der Waals surface area contributed by atoms with Crippen molar-refractivity contribution in [2.45, 2.75) is 18.9 Å². The van der Waals surface area contributed by atoms with Gasteiger partial charge in [-0.3, -0.25) is 0 Å². The molecule has 1 aromatic rings. The summed E-state index contributed by atoms with van der Waals surface area (Å²) in [5.74, 6) is -1.86. The molecule has 0 aliphatic carbocycles. The quantitative estimate of drug-likeness (QED) is 0.782. The number of hydrogen-bond acceptors (Lipinski definition) is 2. The highest BCUT2D eigenvalue weighted by Crippen LogP contribution is 2.27. The molecular formula is C11H12FNO2. The molecule has 0 bridgehead atoms. The lowest BCUT2D eigenvalue weighted by Crippen LogP contribution is -2.17. The summed E-state index contributed by atoms with van der Waals surface area (Å²) in [6, 6.07) is 4.39. The summed E-state index contributed by atoms with van der Waals surface area (Å²) in [6.45, 7) is 0.861. The molecule has 0 radical (unpaired) electrons. The number of hydrogen-bond donors (Lipinski definition) is 2. The minimum absolute atomic E-state index is 0.0215. The summed E-state index contributed by atoms with van der Waals surface area (Å²) in [5.41, 5.74) is 0.358. The minimum Gasteiger partial charge on any atom is -0.478 e. The molecule has 1 saturated heterocycles. The number of benzene rings is 1. The van der Waals surface area contributed by atoms with E-state index in [2.05, 4.69) is 5.32 Å². The van der Waals surface area contributed by atoms with Crippen LogP contribution in [0.2, 0.25) is 0 Å². The van der Waals surface area contributed by atoms with Crippen LogP contribution < -0.4 is 5.32 Å². The molecule has 1 atom stereocenters. The van der Waals surface area contributed by atoms with Crippen molar-refractivity contribution < 1.29 is 14.3 Å². The maximum atomic E-state index is 13.3. The number of carboxylic acid groups (broad SMARTS) is 1. The summed E-state index contributed by atoms with van der Waals surface area (Å²) in [5, 5.41) is 12.1. The Bertz CT molecular complexity index is 386. The van der Waals surface area contributed by atoms with Crippen LogP contribution in [0.5, 0.6) is 0 Å². The SMILES string of the molecule is O=C(O)c1c(F)cccc1[C@H]1CCCN1. The van der Waals surface area contributed by atoms with Crippen LogP contribution in [-0.4, -0.2) is 17.6 Å². The van der Waals surface area contributed by atoms with Gasteiger partial charge in [-0.05, 0) is 31.0 Å². The summed E-state index contributed by atoms with van der Waals surface area (Å²) in [6.07, 6.45) is 1.87. The van der Waals surface area contributed by atoms with Crippen LogP contribution in [0.4, 0.5) is 4.39 Å². The Morgan fingerprint density at radius 2 is 2.33 bits per heavy atom. The Labute approximate surface area is 86.9 Å². The van der Waals surface area contributed by atoms with Crippen molar-refractivity contribution in [3.8, 4) is 0 Å². The number of halogens is 1. The third-order valence-corrected chi connectivity index (χ3v) is 2.70. The van der Waals surface area contributed by atoms with Gasteiger partial charge in [0, 0.05) is 6.04 Å². The first kappa shape index (κ1) is 10.1. The third kappa shape index (κ3) is 1.85. The minimum atomic E-state index is -1.20. The van der Waals surface area contributed by atoms with Gasteiger partial charge in [0.15, 0.2) is 0 Å². The van der Waals surface area contributed by atoms with Crippen molar-refractivity contribution in [3.05, 3.63) is 35.1 Å². The van der Waals surface area contributed by atoms with Gasteiger partial charge in [-0.15, -0.1) is 0 Å². The largest absolute Gasteiger partial charge is 0.478 e. The molecule has 1 aromatic carbocycles. The molecule has 0 amide bonds. The van der Waals surface area contributed by atoms with Crippen molar-refractivity contribution >= 4 is 5.97 Å². The van der Waals surface area contributed by atoms with Gasteiger partial charge >= 0.3 is 5.97 Å². The second-order valence-corrected chi connectivity index (χ2v) is 3.66. The topological polar surface area (TPSA) is 49.3 Å². The van der Waals surface area contributed by atoms with Gasteiger partial charge < -0.3 is 10.4 Å². The Kier molecular flexibility index (Phi) is 2.68. The Morgan fingerprint density at radius 1 is 1.53 bits per heavy atom. The molecule has 0 saturated carbocycles. The third-order valence-electron chi connectivity index (χ3n) is 2.70.